The molecule has 0 radical (unpaired) electrons. The summed E-state index contributed by atoms with van der Waals surface area (Å²) in [6, 6.07) is 0. The van der Waals surface area contributed by atoms with Crippen molar-refractivity contribution in [3.8, 4) is 0 Å². The summed E-state index contributed by atoms with van der Waals surface area (Å²) in [6.45, 7) is 1.49. The number of amides is 1. The van der Waals surface area contributed by atoms with E-state index in [-0.39, 0.29) is 19.1 Å². The Kier molecular flexibility index (Phi) is 2.86. The molecule has 0 spiro atoms. The summed E-state index contributed by atoms with van der Waals surface area (Å²) in [6.07, 6.45) is 1.03. The van der Waals surface area contributed by atoms with Crippen molar-refractivity contribution in [2.75, 3.05) is 26.3 Å². The predicted molar refractivity (Wildman–Crippen MR) is 54.7 cm³/mol. The van der Waals surface area contributed by atoms with Gasteiger partial charge in [0.2, 0.25) is 5.91 Å². The van der Waals surface area contributed by atoms with Crippen molar-refractivity contribution in [3.63, 3.8) is 0 Å². The van der Waals surface area contributed by atoms with Gasteiger partial charge in [0.05, 0.1) is 12.5 Å². The minimum atomic E-state index is -0.937. The van der Waals surface area contributed by atoms with Gasteiger partial charge in [-0.05, 0) is 12.8 Å². The van der Waals surface area contributed by atoms with Crippen LogP contribution in [-0.2, 0) is 14.3 Å². The summed E-state index contributed by atoms with van der Waals surface area (Å²) in [5.41, 5.74) is 5.00. The molecule has 0 aromatic rings. The van der Waals surface area contributed by atoms with E-state index < -0.39 is 17.4 Å². The molecule has 6 nitrogen and oxygen atoms in total. The Bertz CT molecular complexity index is 312. The van der Waals surface area contributed by atoms with E-state index in [2.05, 4.69) is 0 Å². The van der Waals surface area contributed by atoms with E-state index in [1.165, 1.54) is 0 Å². The first-order valence-corrected chi connectivity index (χ1v) is 5.42. The minimum Gasteiger partial charge on any atom is -0.481 e. The van der Waals surface area contributed by atoms with E-state index >= 15 is 0 Å². The Morgan fingerprint density at radius 2 is 2.25 bits per heavy atom. The quantitative estimate of drug-likeness (QED) is 0.635. The molecule has 0 saturated carbocycles. The highest BCUT2D eigenvalue weighted by Crippen LogP contribution is 2.23. The Labute approximate surface area is 93.3 Å². The first-order chi connectivity index (χ1) is 7.53. The molecule has 16 heavy (non-hydrogen) atoms. The van der Waals surface area contributed by atoms with Gasteiger partial charge >= 0.3 is 5.97 Å². The first-order valence-electron chi connectivity index (χ1n) is 5.42. The number of nitrogens with two attached hydrogens (primary N) is 1. The molecule has 0 aromatic carbocycles. The van der Waals surface area contributed by atoms with Crippen molar-refractivity contribution in [2.45, 2.75) is 18.4 Å². The van der Waals surface area contributed by atoms with Crippen LogP contribution >= 0.6 is 0 Å². The average Bonchev–Trinajstić information content (AvgIpc) is 2.85. The van der Waals surface area contributed by atoms with E-state index in [1.807, 2.05) is 0 Å². The molecule has 2 unspecified atom stereocenters. The van der Waals surface area contributed by atoms with Crippen LogP contribution in [0, 0.1) is 5.92 Å². The van der Waals surface area contributed by atoms with E-state index in [0.717, 1.165) is 0 Å². The van der Waals surface area contributed by atoms with E-state index in [9.17, 15) is 9.59 Å². The molecule has 90 valence electrons. The highest BCUT2D eigenvalue weighted by atomic mass is 16.5. The van der Waals surface area contributed by atoms with Gasteiger partial charge in [-0.25, -0.2) is 0 Å². The molecule has 2 aliphatic heterocycles. The fourth-order valence-corrected chi connectivity index (χ4v) is 2.21. The minimum absolute atomic E-state index is 0.172. The Balaban J connectivity index is 1.99. The number of carbonyl (C=O) groups is 2. The lowest BCUT2D eigenvalue weighted by atomic mass is 9.98. The van der Waals surface area contributed by atoms with Crippen LogP contribution in [0.5, 0.6) is 0 Å². The van der Waals surface area contributed by atoms with Gasteiger partial charge in [-0.2, -0.15) is 0 Å². The molecule has 2 fully saturated rings. The number of rotatable bonds is 2. The molecule has 2 heterocycles. The topological polar surface area (TPSA) is 92.9 Å². The van der Waals surface area contributed by atoms with Crippen LogP contribution in [0.25, 0.3) is 0 Å². The van der Waals surface area contributed by atoms with E-state index in [4.69, 9.17) is 15.6 Å². The number of carbonyl (C=O) groups excluding carboxylic acids is 1. The predicted octanol–water partition coefficient (Wildman–Crippen LogP) is -0.963. The molecular formula is C10H16N2O4. The molecule has 2 aliphatic rings. The lowest BCUT2D eigenvalue weighted by molar-refractivity contribution is -0.141. The molecule has 0 aromatic heterocycles. The third kappa shape index (κ3) is 1.90. The van der Waals surface area contributed by atoms with Crippen LogP contribution in [0.3, 0.4) is 0 Å². The third-order valence-electron chi connectivity index (χ3n) is 3.30. The monoisotopic (exact) mass is 228 g/mol. The Hall–Kier alpha value is -1.14. The lowest BCUT2D eigenvalue weighted by Crippen LogP contribution is -2.55. The smallest absolute Gasteiger partial charge is 0.308 e. The summed E-state index contributed by atoms with van der Waals surface area (Å²) >= 11 is 0. The molecule has 1 amide bonds. The van der Waals surface area contributed by atoms with Gasteiger partial charge in [-0.15, -0.1) is 0 Å². The maximum atomic E-state index is 12.1. The number of nitrogens with zero attached hydrogens (tertiary/aromatic N) is 1. The van der Waals surface area contributed by atoms with E-state index in [1.54, 1.807) is 4.90 Å². The van der Waals surface area contributed by atoms with Crippen LogP contribution < -0.4 is 5.73 Å². The number of likely N-dealkylation sites (tertiary alicyclic amines) is 1. The average molecular weight is 228 g/mol. The highest BCUT2D eigenvalue weighted by molar-refractivity contribution is 5.87. The summed E-state index contributed by atoms with van der Waals surface area (Å²) < 4.78 is 5.13. The molecule has 6 heteroatoms. The molecule has 2 saturated heterocycles. The van der Waals surface area contributed by atoms with Crippen LogP contribution in [-0.4, -0.2) is 53.7 Å². The number of carboxylic acids is 1. The lowest BCUT2D eigenvalue weighted by Gasteiger charge is -2.27. The molecule has 2 atom stereocenters. The van der Waals surface area contributed by atoms with E-state index in [0.29, 0.717) is 26.0 Å². The zero-order valence-corrected chi connectivity index (χ0v) is 9.02. The number of carboxylic acid groups (broad SMARTS) is 1. The normalized spacial score (nSPS) is 34.3. The third-order valence-corrected chi connectivity index (χ3v) is 3.30. The van der Waals surface area contributed by atoms with Gasteiger partial charge in [-0.1, -0.05) is 0 Å². The van der Waals surface area contributed by atoms with Crippen molar-refractivity contribution < 1.29 is 19.4 Å². The van der Waals surface area contributed by atoms with Gasteiger partial charge < -0.3 is 20.5 Å². The Morgan fingerprint density at radius 3 is 2.75 bits per heavy atom. The SMILES string of the molecule is NC1(C(=O)N2CCC(C(=O)O)C2)CCOC1. The molecular weight excluding hydrogens is 212 g/mol. The van der Waals surface area contributed by atoms with Crippen LogP contribution in [0.1, 0.15) is 12.8 Å². The van der Waals surface area contributed by atoms with Gasteiger partial charge in [0, 0.05) is 19.7 Å². The second-order valence-electron chi connectivity index (χ2n) is 4.53. The molecule has 2 rings (SSSR count). The molecule has 0 bridgehead atoms. The van der Waals surface area contributed by atoms with Crippen molar-refractivity contribution >= 4 is 11.9 Å². The number of hydrogen-bond acceptors (Lipinski definition) is 4. The zero-order chi connectivity index (χ0) is 11.8. The van der Waals surface area contributed by atoms with Gasteiger partial charge in [0.15, 0.2) is 0 Å². The molecule has 0 aliphatic carbocycles. The largest absolute Gasteiger partial charge is 0.481 e. The number of hydrogen-bond donors (Lipinski definition) is 2. The van der Waals surface area contributed by atoms with Crippen molar-refractivity contribution in [3.05, 3.63) is 0 Å². The van der Waals surface area contributed by atoms with Crippen molar-refractivity contribution in [1.82, 2.24) is 4.90 Å². The van der Waals surface area contributed by atoms with Crippen LogP contribution in [0.2, 0.25) is 0 Å². The van der Waals surface area contributed by atoms with Crippen LogP contribution in [0.15, 0.2) is 0 Å². The van der Waals surface area contributed by atoms with Gasteiger partial charge in [0.1, 0.15) is 5.54 Å². The van der Waals surface area contributed by atoms with Crippen LogP contribution in [0.4, 0.5) is 0 Å². The van der Waals surface area contributed by atoms with Crippen molar-refractivity contribution in [1.29, 1.82) is 0 Å². The zero-order valence-electron chi connectivity index (χ0n) is 9.02. The second kappa shape index (κ2) is 4.03. The standard InChI is InChI=1S/C10H16N2O4/c11-10(2-4-16-6-10)9(15)12-3-1-7(5-12)8(13)14/h7H,1-6,11H2,(H,13,14). The summed E-state index contributed by atoms with van der Waals surface area (Å²) in [4.78, 5) is 24.4. The highest BCUT2D eigenvalue weighted by Gasteiger charge is 2.43. The summed E-state index contributed by atoms with van der Waals surface area (Å²) in [5, 5.41) is 8.85. The fraction of sp³-hybridized carbons (Fsp3) is 0.800. The number of ether oxygens (including phenoxy) is 1. The summed E-state index contributed by atoms with van der Waals surface area (Å²) in [7, 11) is 0. The maximum Gasteiger partial charge on any atom is 0.308 e. The maximum absolute atomic E-state index is 12.1. The second-order valence-corrected chi connectivity index (χ2v) is 4.53. The first kappa shape index (κ1) is 11.3. The molecule has 3 N–H and O–H groups in total. The van der Waals surface area contributed by atoms with Gasteiger partial charge in [0.25, 0.3) is 0 Å². The fourth-order valence-electron chi connectivity index (χ4n) is 2.21. The van der Waals surface area contributed by atoms with Crippen molar-refractivity contribution in [2.24, 2.45) is 11.7 Å². The number of aliphatic carboxylic acids is 1. The Morgan fingerprint density at radius 1 is 1.50 bits per heavy atom. The summed E-state index contributed by atoms with van der Waals surface area (Å²) in [5.74, 6) is -1.47. The van der Waals surface area contributed by atoms with Gasteiger partial charge in [-0.3, -0.25) is 9.59 Å².